The molecule has 2 atom stereocenters. The molecule has 0 rings (SSSR count). The van der Waals surface area contributed by atoms with Crippen LogP contribution in [-0.2, 0) is 19.0 Å². The quantitative estimate of drug-likeness (QED) is 0.129. The molecule has 0 aromatic rings. The lowest BCUT2D eigenvalue weighted by atomic mass is 10.0. The predicted molar refractivity (Wildman–Crippen MR) is 87.2 cm³/mol. The first-order chi connectivity index (χ1) is 16.4. The third-order valence-electron chi connectivity index (χ3n) is 4.38. The van der Waals surface area contributed by atoms with Crippen LogP contribution in [-0.4, -0.2) is 59.9 Å². The number of ether oxygens (including phenoxy) is 3. The van der Waals surface area contributed by atoms with Crippen molar-refractivity contribution in [1.82, 2.24) is 0 Å². The average Bonchev–Trinajstić information content (AvgIpc) is 2.63. The normalized spacial score (nSPS) is 18.1. The Labute approximate surface area is 201 Å². The van der Waals surface area contributed by atoms with Gasteiger partial charge in [0.05, 0.1) is 0 Å². The Morgan fingerprint density at radius 1 is 0.605 bits per heavy atom. The van der Waals surface area contributed by atoms with Crippen molar-refractivity contribution >= 4 is 5.97 Å². The zero-order chi connectivity index (χ0) is 31.0. The topological polar surface area (TPSA) is 44.8 Å². The third kappa shape index (κ3) is 7.23. The fraction of sp³-hybridized carbons (Fsp3) is 0.941. The summed E-state index contributed by atoms with van der Waals surface area (Å²) in [6, 6.07) is 0. The Bertz CT molecular complexity index is 817. The van der Waals surface area contributed by atoms with Gasteiger partial charge in [0.25, 0.3) is 0 Å². The first kappa shape index (κ1) is 36.2. The molecule has 0 aliphatic carbocycles. The minimum Gasteiger partial charge on any atom is -0.455 e. The first-order valence-corrected chi connectivity index (χ1v) is 9.70. The van der Waals surface area contributed by atoms with E-state index in [-0.39, 0.29) is 6.42 Å². The van der Waals surface area contributed by atoms with Gasteiger partial charge in [-0.1, -0.05) is 19.8 Å². The van der Waals surface area contributed by atoms with E-state index in [9.17, 15) is 79.4 Å². The number of esters is 1. The Hall–Kier alpha value is -1.80. The summed E-state index contributed by atoms with van der Waals surface area (Å²) in [5, 5.41) is 0. The Kier molecular flexibility index (Phi) is 10.1. The second-order valence-electron chi connectivity index (χ2n) is 8.10. The smallest absolute Gasteiger partial charge is 0.455 e. The number of carbonyl (C=O) groups excluding carboxylic acids is 1. The zero-order valence-electron chi connectivity index (χ0n) is 18.9. The zero-order valence-corrected chi connectivity index (χ0v) is 18.9. The molecule has 0 saturated heterocycles. The Morgan fingerprint density at radius 3 is 1.39 bits per heavy atom. The number of hydrogen-bond donors (Lipinski definition) is 0. The second kappa shape index (κ2) is 10.6. The minimum absolute atomic E-state index is 0.0249. The highest BCUT2D eigenvalue weighted by Gasteiger charge is 2.85. The van der Waals surface area contributed by atoms with Gasteiger partial charge in [-0.05, 0) is 26.7 Å². The number of rotatable bonds is 12. The number of alkyl halides is 17. The van der Waals surface area contributed by atoms with E-state index < -0.39 is 66.4 Å². The van der Waals surface area contributed by atoms with Crippen LogP contribution >= 0.6 is 0 Å². The molecule has 0 fully saturated rings. The van der Waals surface area contributed by atoms with Gasteiger partial charge in [0.15, 0.2) is 0 Å². The molecule has 0 aromatic carbocycles. The molecule has 21 heteroatoms. The molecule has 0 heterocycles. The van der Waals surface area contributed by atoms with Crippen molar-refractivity contribution in [3.05, 3.63) is 0 Å². The summed E-state index contributed by atoms with van der Waals surface area (Å²) in [6.45, 7) is 3.09. The summed E-state index contributed by atoms with van der Waals surface area (Å²) in [7, 11) is 0. The number of unbranched alkanes of at least 4 members (excludes halogenated alkanes) is 2. The van der Waals surface area contributed by atoms with Crippen molar-refractivity contribution in [3.8, 4) is 0 Å². The summed E-state index contributed by atoms with van der Waals surface area (Å²) in [5.41, 5.74) is -2.21. The summed E-state index contributed by atoms with van der Waals surface area (Å²) in [4.78, 5) is 11.8. The van der Waals surface area contributed by atoms with E-state index in [1.54, 1.807) is 6.92 Å². The van der Waals surface area contributed by atoms with Crippen LogP contribution in [0.4, 0.5) is 74.6 Å². The lowest BCUT2D eigenvalue weighted by molar-refractivity contribution is -0.549. The van der Waals surface area contributed by atoms with Gasteiger partial charge in [0.2, 0.25) is 0 Å². The molecule has 2 unspecified atom stereocenters. The molecule has 0 amide bonds. The van der Waals surface area contributed by atoms with Crippen LogP contribution in [0.5, 0.6) is 0 Å². The lowest BCUT2D eigenvalue weighted by Gasteiger charge is -2.40. The maximum Gasteiger partial charge on any atom is 0.462 e. The molecule has 0 N–H and O–H groups in total. The van der Waals surface area contributed by atoms with Crippen LogP contribution in [0.25, 0.3) is 0 Å². The Morgan fingerprint density at radius 2 is 1.05 bits per heavy atom. The van der Waals surface area contributed by atoms with Gasteiger partial charge in [0.1, 0.15) is 5.60 Å². The van der Waals surface area contributed by atoms with Crippen LogP contribution in [0.15, 0.2) is 0 Å². The van der Waals surface area contributed by atoms with E-state index in [4.69, 9.17) is 0 Å². The highest BCUT2D eigenvalue weighted by atomic mass is 19.4. The van der Waals surface area contributed by atoms with Gasteiger partial charge in [-0.2, -0.15) is 74.6 Å². The van der Waals surface area contributed by atoms with E-state index in [2.05, 4.69) is 4.74 Å². The molecule has 0 aliphatic heterocycles. The van der Waals surface area contributed by atoms with Crippen molar-refractivity contribution < 1.29 is 93.6 Å². The molecule has 0 radical (unpaired) electrons. The molecular formula is C17H17F17O4. The van der Waals surface area contributed by atoms with Crippen LogP contribution in [0.3, 0.4) is 0 Å². The molecule has 0 aliphatic rings. The van der Waals surface area contributed by atoms with Crippen LogP contribution in [0.2, 0.25) is 0 Å². The lowest BCUT2D eigenvalue weighted by Crippen LogP contribution is -2.68. The molecule has 38 heavy (non-hydrogen) atoms. The maximum atomic E-state index is 14.5. The van der Waals surface area contributed by atoms with E-state index in [1.165, 1.54) is 4.74 Å². The SMILES string of the molecule is CCCCCC(C)(C)OC(=O)C(F)(OC(F)(F)C(F)(OC(F)(F)C(F)(F)C(F)(F)F)C(F)(F)F)C(F)(F)F. The highest BCUT2D eigenvalue weighted by Crippen LogP contribution is 2.56. The predicted octanol–water partition coefficient (Wildman–Crippen LogP) is 7.76. The van der Waals surface area contributed by atoms with Crippen LogP contribution in [0.1, 0.15) is 46.5 Å². The molecule has 0 saturated carbocycles. The summed E-state index contributed by atoms with van der Waals surface area (Å²) in [6.07, 6.45) is -38.3. The second-order valence-corrected chi connectivity index (χ2v) is 8.10. The molecular weight excluding hydrogens is 591 g/mol. The summed E-state index contributed by atoms with van der Waals surface area (Å²) < 4.78 is 230. The van der Waals surface area contributed by atoms with Crippen LogP contribution < -0.4 is 0 Å². The van der Waals surface area contributed by atoms with Gasteiger partial charge < -0.3 is 4.74 Å². The molecule has 228 valence electrons. The van der Waals surface area contributed by atoms with Crippen molar-refractivity contribution in [2.24, 2.45) is 0 Å². The number of carbonyl (C=O) groups is 1. The first-order valence-electron chi connectivity index (χ1n) is 9.70. The summed E-state index contributed by atoms with van der Waals surface area (Å²) in [5.74, 6) is -26.4. The van der Waals surface area contributed by atoms with Gasteiger partial charge in [-0.25, -0.2) is 4.79 Å². The standard InChI is InChI=1S/C17H17F17O4/c1-4-5-6-7-9(2,3)36-8(35)10(18,13(22,23)24)37-17(33,34)12(21,15(28,29)30)38-16(31,32)11(19,20)14(25,26)27/h4-7H2,1-3H3. The van der Waals surface area contributed by atoms with Gasteiger partial charge >= 0.3 is 54.3 Å². The van der Waals surface area contributed by atoms with Crippen LogP contribution in [0, 0.1) is 0 Å². The van der Waals surface area contributed by atoms with E-state index >= 15 is 0 Å². The molecule has 0 bridgehead atoms. The fourth-order valence-corrected chi connectivity index (χ4v) is 2.31. The third-order valence-corrected chi connectivity index (χ3v) is 4.38. The Balaban J connectivity index is 6.67. The van der Waals surface area contributed by atoms with Gasteiger partial charge in [-0.15, -0.1) is 0 Å². The van der Waals surface area contributed by atoms with E-state index in [0.29, 0.717) is 12.8 Å². The van der Waals surface area contributed by atoms with Crippen molar-refractivity contribution in [3.63, 3.8) is 0 Å². The maximum absolute atomic E-state index is 14.5. The highest BCUT2D eigenvalue weighted by molar-refractivity contribution is 5.79. The number of hydrogen-bond acceptors (Lipinski definition) is 4. The number of halogens is 17. The fourth-order valence-electron chi connectivity index (χ4n) is 2.31. The largest absolute Gasteiger partial charge is 0.462 e. The molecule has 4 nitrogen and oxygen atoms in total. The van der Waals surface area contributed by atoms with E-state index in [1.807, 2.05) is 4.74 Å². The van der Waals surface area contributed by atoms with Gasteiger partial charge in [0, 0.05) is 0 Å². The average molecular weight is 608 g/mol. The minimum atomic E-state index is -8.06. The molecule has 0 aromatic heterocycles. The monoisotopic (exact) mass is 608 g/mol. The molecule has 0 spiro atoms. The summed E-state index contributed by atoms with van der Waals surface area (Å²) >= 11 is 0. The van der Waals surface area contributed by atoms with E-state index in [0.717, 1.165) is 13.8 Å². The van der Waals surface area contributed by atoms with Gasteiger partial charge in [-0.3, -0.25) is 9.47 Å². The van der Waals surface area contributed by atoms with Crippen molar-refractivity contribution in [2.45, 2.75) is 100 Å². The van der Waals surface area contributed by atoms with Crippen molar-refractivity contribution in [2.75, 3.05) is 0 Å². The van der Waals surface area contributed by atoms with Crippen molar-refractivity contribution in [1.29, 1.82) is 0 Å².